The number of pyridine rings is 1. The van der Waals surface area contributed by atoms with Crippen LogP contribution in [0.3, 0.4) is 0 Å². The summed E-state index contributed by atoms with van der Waals surface area (Å²) in [5.74, 6) is 1.50. The van der Waals surface area contributed by atoms with Gasteiger partial charge in [0.25, 0.3) is 5.82 Å². The highest BCUT2D eigenvalue weighted by Crippen LogP contribution is 2.40. The predicted octanol–water partition coefficient (Wildman–Crippen LogP) is 3.23. The zero-order valence-corrected chi connectivity index (χ0v) is 14.1. The number of anilines is 1. The smallest absolute Gasteiger partial charge is 0.339 e. The number of aromatic nitrogens is 1. The summed E-state index contributed by atoms with van der Waals surface area (Å²) >= 11 is 6.41. The van der Waals surface area contributed by atoms with Crippen LogP contribution < -0.4 is 20.2 Å². The summed E-state index contributed by atoms with van der Waals surface area (Å²) in [5.41, 5.74) is 2.50. The molecule has 1 aromatic carbocycles. The minimum Gasteiger partial charge on any atom is -0.453 e. The Morgan fingerprint density at radius 3 is 2.83 bits per heavy atom. The van der Waals surface area contributed by atoms with E-state index in [0.29, 0.717) is 35.2 Å². The lowest BCUT2D eigenvalue weighted by Gasteiger charge is -2.25. The number of nitrogens with one attached hydrogen (secondary N) is 1. The van der Waals surface area contributed by atoms with Crippen LogP contribution in [0, 0.1) is 13.8 Å². The molecule has 1 aliphatic heterocycles. The van der Waals surface area contributed by atoms with Gasteiger partial charge in [-0.05, 0) is 31.5 Å². The van der Waals surface area contributed by atoms with E-state index < -0.39 is 0 Å². The molecule has 1 N–H and O–H groups in total. The van der Waals surface area contributed by atoms with Gasteiger partial charge < -0.3 is 9.15 Å². The number of benzene rings is 1. The molecule has 0 saturated carbocycles. The maximum Gasteiger partial charge on any atom is 0.339 e. The monoisotopic (exact) mass is 343 g/mol. The van der Waals surface area contributed by atoms with Crippen LogP contribution >= 0.6 is 11.6 Å². The third-order valence-corrected chi connectivity index (χ3v) is 4.78. The number of rotatable bonds is 1. The van der Waals surface area contributed by atoms with Crippen molar-refractivity contribution in [3.63, 3.8) is 0 Å². The zero-order chi connectivity index (χ0) is 16.8. The van der Waals surface area contributed by atoms with Crippen LogP contribution in [0.25, 0.3) is 11.0 Å². The zero-order valence-electron chi connectivity index (χ0n) is 13.4. The molecule has 0 fully saturated rings. The van der Waals surface area contributed by atoms with Crippen molar-refractivity contribution >= 4 is 28.4 Å². The molecule has 5 nitrogen and oxygen atoms in total. The number of nitrogens with zero attached hydrogens (tertiary/aromatic N) is 1. The lowest BCUT2D eigenvalue weighted by atomic mass is 10.0. The number of ether oxygens (including phenoxy) is 1. The molecule has 0 saturated heterocycles. The van der Waals surface area contributed by atoms with E-state index in [1.807, 2.05) is 42.3 Å². The molecule has 0 bridgehead atoms. The Kier molecular flexibility index (Phi) is 3.46. The maximum absolute atomic E-state index is 12.1. The molecule has 3 aromatic rings. The first-order valence-electron chi connectivity index (χ1n) is 7.66. The SMILES string of the molecule is Cc1c(C)c2cc(Cl)c3c(c2oc1=O)CN(c1cccc[nH+]1)CO3. The minimum atomic E-state index is -0.326. The number of H-pyrrole nitrogens is 1. The van der Waals surface area contributed by atoms with Gasteiger partial charge in [0, 0.05) is 17.0 Å². The third kappa shape index (κ3) is 2.24. The highest BCUT2D eigenvalue weighted by Gasteiger charge is 2.29. The van der Waals surface area contributed by atoms with Gasteiger partial charge in [0.15, 0.2) is 5.75 Å². The van der Waals surface area contributed by atoms with Gasteiger partial charge in [-0.3, -0.25) is 0 Å². The fourth-order valence-electron chi connectivity index (χ4n) is 3.00. The van der Waals surface area contributed by atoms with Crippen LogP contribution in [-0.4, -0.2) is 6.73 Å². The van der Waals surface area contributed by atoms with E-state index in [4.69, 9.17) is 20.8 Å². The second-order valence-electron chi connectivity index (χ2n) is 5.90. The van der Waals surface area contributed by atoms with Crippen molar-refractivity contribution in [1.29, 1.82) is 0 Å². The highest BCUT2D eigenvalue weighted by atomic mass is 35.5. The van der Waals surface area contributed by atoms with Gasteiger partial charge >= 0.3 is 5.63 Å². The molecule has 0 amide bonds. The molecule has 1 aliphatic rings. The number of hydrogen-bond acceptors (Lipinski definition) is 4. The Bertz CT molecular complexity index is 999. The van der Waals surface area contributed by atoms with Crippen molar-refractivity contribution in [3.8, 4) is 5.75 Å². The number of fused-ring (bicyclic) bond motifs is 3. The van der Waals surface area contributed by atoms with Gasteiger partial charge in [0.05, 0.1) is 16.8 Å². The molecular formula is C18H16ClN2O3+. The van der Waals surface area contributed by atoms with Crippen molar-refractivity contribution < 1.29 is 14.1 Å². The lowest BCUT2D eigenvalue weighted by molar-refractivity contribution is -0.364. The molecule has 0 radical (unpaired) electrons. The van der Waals surface area contributed by atoms with Gasteiger partial charge in [0.2, 0.25) is 6.73 Å². The van der Waals surface area contributed by atoms with Gasteiger partial charge in [-0.1, -0.05) is 17.7 Å². The van der Waals surface area contributed by atoms with E-state index >= 15 is 0 Å². The molecular weight excluding hydrogens is 328 g/mol. The summed E-state index contributed by atoms with van der Waals surface area (Å²) < 4.78 is 11.4. The molecule has 2 aromatic heterocycles. The largest absolute Gasteiger partial charge is 0.453 e. The molecule has 3 heterocycles. The van der Waals surface area contributed by atoms with E-state index in [-0.39, 0.29) is 5.63 Å². The van der Waals surface area contributed by atoms with Crippen LogP contribution in [0.5, 0.6) is 5.75 Å². The molecule has 6 heteroatoms. The first-order chi connectivity index (χ1) is 11.6. The first-order valence-corrected chi connectivity index (χ1v) is 8.04. The first kappa shape index (κ1) is 15.0. The Balaban J connectivity index is 1.93. The number of aromatic amines is 1. The minimum absolute atomic E-state index is 0.326. The molecule has 4 rings (SSSR count). The summed E-state index contributed by atoms with van der Waals surface area (Å²) in [6.45, 7) is 4.57. The quantitative estimate of drug-likeness (QED) is 0.636. The fraction of sp³-hybridized carbons (Fsp3) is 0.222. The normalized spacial score (nSPS) is 13.7. The molecule has 0 aliphatic carbocycles. The average molecular weight is 344 g/mol. The van der Waals surface area contributed by atoms with Crippen molar-refractivity contribution in [3.05, 3.63) is 62.6 Å². The van der Waals surface area contributed by atoms with Crippen LogP contribution in [0.15, 0.2) is 39.7 Å². The highest BCUT2D eigenvalue weighted by molar-refractivity contribution is 6.33. The summed E-state index contributed by atoms with van der Waals surface area (Å²) in [4.78, 5) is 17.3. The number of halogens is 1. The fourth-order valence-corrected chi connectivity index (χ4v) is 3.28. The summed E-state index contributed by atoms with van der Waals surface area (Å²) in [6.07, 6.45) is 1.86. The third-order valence-electron chi connectivity index (χ3n) is 4.50. The average Bonchev–Trinajstić information content (AvgIpc) is 2.61. The second kappa shape index (κ2) is 5.53. The van der Waals surface area contributed by atoms with Crippen LogP contribution in [0.2, 0.25) is 5.02 Å². The van der Waals surface area contributed by atoms with Gasteiger partial charge in [0.1, 0.15) is 12.1 Å². The van der Waals surface area contributed by atoms with E-state index in [1.54, 1.807) is 6.92 Å². The van der Waals surface area contributed by atoms with E-state index in [2.05, 4.69) is 4.98 Å². The van der Waals surface area contributed by atoms with E-state index in [9.17, 15) is 4.79 Å². The van der Waals surface area contributed by atoms with Gasteiger partial charge in [-0.2, -0.15) is 0 Å². The second-order valence-corrected chi connectivity index (χ2v) is 6.31. The molecule has 0 spiro atoms. The van der Waals surface area contributed by atoms with E-state index in [0.717, 1.165) is 22.3 Å². The van der Waals surface area contributed by atoms with Crippen molar-refractivity contribution in [1.82, 2.24) is 0 Å². The molecule has 0 atom stereocenters. The van der Waals surface area contributed by atoms with Crippen LogP contribution in [0.4, 0.5) is 5.82 Å². The van der Waals surface area contributed by atoms with Gasteiger partial charge in [-0.25, -0.2) is 14.7 Å². The molecule has 24 heavy (non-hydrogen) atoms. The summed E-state index contributed by atoms with van der Waals surface area (Å²) in [6, 6.07) is 7.64. The van der Waals surface area contributed by atoms with Crippen LogP contribution in [-0.2, 0) is 6.54 Å². The van der Waals surface area contributed by atoms with Gasteiger partial charge in [-0.15, -0.1) is 0 Å². The lowest BCUT2D eigenvalue weighted by Crippen LogP contribution is -2.35. The summed E-state index contributed by atoms with van der Waals surface area (Å²) in [7, 11) is 0. The Labute approximate surface area is 143 Å². The predicted molar refractivity (Wildman–Crippen MR) is 91.6 cm³/mol. The van der Waals surface area contributed by atoms with Crippen molar-refractivity contribution in [2.45, 2.75) is 20.4 Å². The van der Waals surface area contributed by atoms with Crippen LogP contribution in [0.1, 0.15) is 16.7 Å². The van der Waals surface area contributed by atoms with Crippen molar-refractivity contribution in [2.24, 2.45) is 0 Å². The topological polar surface area (TPSA) is 56.8 Å². The Morgan fingerprint density at radius 2 is 2.08 bits per heavy atom. The number of hydrogen-bond donors (Lipinski definition) is 0. The molecule has 122 valence electrons. The summed E-state index contributed by atoms with van der Waals surface area (Å²) in [5, 5.41) is 1.38. The molecule has 0 unspecified atom stereocenters. The Hall–Kier alpha value is -2.53. The Morgan fingerprint density at radius 1 is 1.25 bits per heavy atom. The number of aryl methyl sites for hydroxylation is 1. The van der Waals surface area contributed by atoms with Crippen molar-refractivity contribution in [2.75, 3.05) is 11.6 Å². The maximum atomic E-state index is 12.1. The van der Waals surface area contributed by atoms with E-state index in [1.165, 1.54) is 0 Å². The standard InChI is InChI=1S/C18H15ClN2O3/c1-10-11(2)18(22)24-16-12(10)7-14(19)17-13(16)8-21(9-23-17)15-5-3-4-6-20-15/h3-7H,8-9H2,1-2H3/p+1.